The molecule has 0 aromatic heterocycles. The topological polar surface area (TPSA) is 24.5 Å². The zero-order valence-corrected chi connectivity index (χ0v) is 12.8. The van der Waals surface area contributed by atoms with E-state index in [-0.39, 0.29) is 0 Å². The normalized spacial score (nSPS) is 27.4. The Bertz CT molecular complexity index is 285. The summed E-state index contributed by atoms with van der Waals surface area (Å²) in [7, 11) is 0. The van der Waals surface area contributed by atoms with Gasteiger partial charge in [0.15, 0.2) is 0 Å². The largest absolute Gasteiger partial charge is 0.377 e. The highest BCUT2D eigenvalue weighted by Crippen LogP contribution is 2.18. The number of allylic oxidation sites excluding steroid dienone is 1. The van der Waals surface area contributed by atoms with Crippen LogP contribution >= 0.6 is 0 Å². The van der Waals surface area contributed by atoms with E-state index in [2.05, 4.69) is 37.1 Å². The van der Waals surface area contributed by atoms with E-state index in [4.69, 9.17) is 4.74 Å². The van der Waals surface area contributed by atoms with Crippen LogP contribution in [0.5, 0.6) is 0 Å². The molecule has 2 aliphatic heterocycles. The minimum absolute atomic E-state index is 0.448. The number of rotatable bonds is 5. The van der Waals surface area contributed by atoms with E-state index in [9.17, 15) is 0 Å². The Labute approximate surface area is 118 Å². The van der Waals surface area contributed by atoms with Crippen molar-refractivity contribution in [1.82, 2.24) is 10.2 Å². The lowest BCUT2D eigenvalue weighted by Gasteiger charge is -2.34. The first-order valence-electron chi connectivity index (χ1n) is 7.88. The van der Waals surface area contributed by atoms with Gasteiger partial charge in [-0.15, -0.1) is 0 Å². The van der Waals surface area contributed by atoms with Crippen LogP contribution in [0.3, 0.4) is 0 Å². The molecule has 2 atom stereocenters. The SMILES string of the molecule is CC(C)=CCN1CCC(NC(C)C2CCCO2)CC1. The molecule has 0 amide bonds. The monoisotopic (exact) mass is 266 g/mol. The van der Waals surface area contributed by atoms with Crippen molar-refractivity contribution in [2.75, 3.05) is 26.2 Å². The highest BCUT2D eigenvalue weighted by molar-refractivity contribution is 4.96. The molecule has 110 valence electrons. The van der Waals surface area contributed by atoms with E-state index in [0.29, 0.717) is 18.2 Å². The molecule has 1 N–H and O–H groups in total. The summed E-state index contributed by atoms with van der Waals surface area (Å²) in [6.45, 7) is 11.2. The number of hydrogen-bond donors (Lipinski definition) is 1. The Balaban J connectivity index is 1.66. The third-order valence-corrected chi connectivity index (χ3v) is 4.37. The number of ether oxygens (including phenoxy) is 1. The second-order valence-electron chi connectivity index (χ2n) is 6.36. The van der Waals surface area contributed by atoms with Gasteiger partial charge in [0.1, 0.15) is 0 Å². The van der Waals surface area contributed by atoms with E-state index in [0.717, 1.165) is 13.2 Å². The summed E-state index contributed by atoms with van der Waals surface area (Å²) in [5.41, 5.74) is 1.42. The molecule has 2 rings (SSSR count). The fourth-order valence-electron chi connectivity index (χ4n) is 3.07. The van der Waals surface area contributed by atoms with Crippen molar-refractivity contribution in [1.29, 1.82) is 0 Å². The van der Waals surface area contributed by atoms with Gasteiger partial charge in [0.25, 0.3) is 0 Å². The Kier molecular flexibility index (Phi) is 5.86. The Morgan fingerprint density at radius 3 is 2.63 bits per heavy atom. The average molecular weight is 266 g/mol. The first-order valence-corrected chi connectivity index (χ1v) is 7.88. The van der Waals surface area contributed by atoms with Crippen LogP contribution in [-0.4, -0.2) is 49.3 Å². The van der Waals surface area contributed by atoms with Crippen molar-refractivity contribution in [3.8, 4) is 0 Å². The standard InChI is InChI=1S/C16H30N2O/c1-13(2)6-9-18-10-7-15(8-11-18)17-14(3)16-5-4-12-19-16/h6,14-17H,4-5,7-12H2,1-3H3. The Morgan fingerprint density at radius 1 is 1.32 bits per heavy atom. The molecule has 0 radical (unpaired) electrons. The zero-order valence-electron chi connectivity index (χ0n) is 12.8. The molecular formula is C16H30N2O. The molecule has 2 aliphatic rings. The third-order valence-electron chi connectivity index (χ3n) is 4.37. The van der Waals surface area contributed by atoms with Crippen molar-refractivity contribution >= 4 is 0 Å². The summed E-state index contributed by atoms with van der Waals surface area (Å²) in [5.74, 6) is 0. The van der Waals surface area contributed by atoms with Crippen LogP contribution in [-0.2, 0) is 4.74 Å². The lowest BCUT2D eigenvalue weighted by molar-refractivity contribution is 0.0747. The van der Waals surface area contributed by atoms with Gasteiger partial charge in [0, 0.05) is 25.2 Å². The average Bonchev–Trinajstić information content (AvgIpc) is 2.92. The van der Waals surface area contributed by atoms with E-state index < -0.39 is 0 Å². The molecule has 3 nitrogen and oxygen atoms in total. The van der Waals surface area contributed by atoms with Crippen LogP contribution in [0.15, 0.2) is 11.6 Å². The molecule has 0 spiro atoms. The molecule has 3 heteroatoms. The molecule has 0 aliphatic carbocycles. The first-order chi connectivity index (χ1) is 9.15. The molecule has 2 saturated heterocycles. The highest BCUT2D eigenvalue weighted by atomic mass is 16.5. The number of nitrogens with one attached hydrogen (secondary N) is 1. The molecule has 2 fully saturated rings. The summed E-state index contributed by atoms with van der Waals surface area (Å²) in [6.07, 6.45) is 7.79. The van der Waals surface area contributed by atoms with Crippen LogP contribution in [0, 0.1) is 0 Å². The molecule has 0 aromatic carbocycles. The van der Waals surface area contributed by atoms with Crippen molar-refractivity contribution in [3.05, 3.63) is 11.6 Å². The number of piperidine rings is 1. The van der Waals surface area contributed by atoms with Crippen LogP contribution in [0.2, 0.25) is 0 Å². The predicted molar refractivity (Wildman–Crippen MR) is 80.5 cm³/mol. The fourth-order valence-corrected chi connectivity index (χ4v) is 3.07. The predicted octanol–water partition coefficient (Wildman–Crippen LogP) is 2.57. The number of nitrogens with zero attached hydrogens (tertiary/aromatic N) is 1. The molecule has 2 heterocycles. The Morgan fingerprint density at radius 2 is 2.05 bits per heavy atom. The lowest BCUT2D eigenvalue weighted by Crippen LogP contribution is -2.48. The lowest BCUT2D eigenvalue weighted by atomic mass is 10.0. The first kappa shape index (κ1) is 15.0. The maximum absolute atomic E-state index is 5.76. The van der Waals surface area contributed by atoms with Crippen molar-refractivity contribution in [3.63, 3.8) is 0 Å². The fraction of sp³-hybridized carbons (Fsp3) is 0.875. The number of likely N-dealkylation sites (tertiary alicyclic amines) is 1. The van der Waals surface area contributed by atoms with E-state index in [1.807, 2.05) is 0 Å². The van der Waals surface area contributed by atoms with Crippen LogP contribution in [0.1, 0.15) is 46.5 Å². The molecular weight excluding hydrogens is 236 g/mol. The van der Waals surface area contributed by atoms with Gasteiger partial charge >= 0.3 is 0 Å². The van der Waals surface area contributed by atoms with Gasteiger partial charge in [-0.2, -0.15) is 0 Å². The van der Waals surface area contributed by atoms with Crippen LogP contribution < -0.4 is 5.32 Å². The summed E-state index contributed by atoms with van der Waals surface area (Å²) >= 11 is 0. The van der Waals surface area contributed by atoms with Gasteiger partial charge in [-0.3, -0.25) is 4.90 Å². The molecule has 0 bridgehead atoms. The number of hydrogen-bond acceptors (Lipinski definition) is 3. The minimum atomic E-state index is 0.448. The summed E-state index contributed by atoms with van der Waals surface area (Å²) in [6, 6.07) is 1.19. The maximum Gasteiger partial charge on any atom is 0.0726 e. The van der Waals surface area contributed by atoms with Gasteiger partial charge in [0.2, 0.25) is 0 Å². The van der Waals surface area contributed by atoms with Crippen molar-refractivity contribution in [2.45, 2.75) is 64.6 Å². The molecule has 0 saturated carbocycles. The highest BCUT2D eigenvalue weighted by Gasteiger charge is 2.26. The van der Waals surface area contributed by atoms with Gasteiger partial charge in [-0.25, -0.2) is 0 Å². The van der Waals surface area contributed by atoms with Gasteiger partial charge in [-0.05, 0) is 59.5 Å². The third kappa shape index (κ3) is 4.90. The van der Waals surface area contributed by atoms with E-state index >= 15 is 0 Å². The zero-order chi connectivity index (χ0) is 13.7. The van der Waals surface area contributed by atoms with Crippen LogP contribution in [0.25, 0.3) is 0 Å². The quantitative estimate of drug-likeness (QED) is 0.774. The van der Waals surface area contributed by atoms with Crippen molar-refractivity contribution < 1.29 is 4.74 Å². The van der Waals surface area contributed by atoms with Gasteiger partial charge in [-0.1, -0.05) is 11.6 Å². The molecule has 2 unspecified atom stereocenters. The second-order valence-corrected chi connectivity index (χ2v) is 6.36. The summed E-state index contributed by atoms with van der Waals surface area (Å²) in [4.78, 5) is 2.56. The van der Waals surface area contributed by atoms with Gasteiger partial charge < -0.3 is 10.1 Å². The van der Waals surface area contributed by atoms with E-state index in [1.165, 1.54) is 44.3 Å². The molecule has 0 aromatic rings. The Hall–Kier alpha value is -0.380. The second kappa shape index (κ2) is 7.41. The van der Waals surface area contributed by atoms with Crippen LogP contribution in [0.4, 0.5) is 0 Å². The minimum Gasteiger partial charge on any atom is -0.377 e. The molecule has 19 heavy (non-hydrogen) atoms. The summed E-state index contributed by atoms with van der Waals surface area (Å²) in [5, 5.41) is 3.78. The smallest absolute Gasteiger partial charge is 0.0726 e. The maximum atomic E-state index is 5.76. The van der Waals surface area contributed by atoms with E-state index in [1.54, 1.807) is 0 Å². The van der Waals surface area contributed by atoms with Gasteiger partial charge in [0.05, 0.1) is 6.10 Å². The summed E-state index contributed by atoms with van der Waals surface area (Å²) < 4.78 is 5.76. The van der Waals surface area contributed by atoms with Crippen molar-refractivity contribution in [2.24, 2.45) is 0 Å².